The van der Waals surface area contributed by atoms with Gasteiger partial charge in [-0.3, -0.25) is 4.90 Å². The summed E-state index contributed by atoms with van der Waals surface area (Å²) >= 11 is 6.12. The predicted octanol–water partition coefficient (Wildman–Crippen LogP) is 6.28. The van der Waals surface area contributed by atoms with E-state index in [9.17, 15) is 0 Å². The molecule has 0 aliphatic carbocycles. The first-order chi connectivity index (χ1) is 18.1. The monoisotopic (exact) mass is 522 g/mol. The highest BCUT2D eigenvalue weighted by molar-refractivity contribution is 6.30. The van der Waals surface area contributed by atoms with Gasteiger partial charge in [-0.25, -0.2) is 0 Å². The van der Waals surface area contributed by atoms with E-state index in [4.69, 9.17) is 16.3 Å². The SMILES string of the molecule is CN(C)C1CCN(Cc2c(COc3ccc(Cl)cc3)n(CCCN3CCCCC3)c3ccccc23)CC1. The van der Waals surface area contributed by atoms with Crippen molar-refractivity contribution in [2.75, 3.05) is 46.8 Å². The molecule has 2 fully saturated rings. The third-order valence-corrected chi connectivity index (χ3v) is 8.61. The summed E-state index contributed by atoms with van der Waals surface area (Å²) in [7, 11) is 4.42. The molecule has 6 heteroatoms. The van der Waals surface area contributed by atoms with Crippen molar-refractivity contribution in [3.05, 3.63) is 64.8 Å². The van der Waals surface area contributed by atoms with Gasteiger partial charge in [-0.2, -0.15) is 0 Å². The van der Waals surface area contributed by atoms with Crippen LogP contribution in [-0.4, -0.2) is 72.1 Å². The number of fused-ring (bicyclic) bond motifs is 1. The van der Waals surface area contributed by atoms with Gasteiger partial charge in [-0.05, 0) is 115 Å². The number of nitrogens with zero attached hydrogens (tertiary/aromatic N) is 4. The van der Waals surface area contributed by atoms with Gasteiger partial charge in [0.15, 0.2) is 0 Å². The van der Waals surface area contributed by atoms with Crippen LogP contribution in [0.2, 0.25) is 5.02 Å². The number of rotatable bonds is 10. The highest BCUT2D eigenvalue weighted by atomic mass is 35.5. The van der Waals surface area contributed by atoms with Crippen molar-refractivity contribution in [3.63, 3.8) is 0 Å². The lowest BCUT2D eigenvalue weighted by molar-refractivity contribution is 0.139. The number of hydrogen-bond acceptors (Lipinski definition) is 4. The maximum atomic E-state index is 6.38. The van der Waals surface area contributed by atoms with Crippen LogP contribution in [-0.2, 0) is 19.7 Å². The summed E-state index contributed by atoms with van der Waals surface area (Å²) in [5.41, 5.74) is 4.10. The van der Waals surface area contributed by atoms with Crippen LogP contribution >= 0.6 is 11.6 Å². The number of aryl methyl sites for hydroxylation is 1. The molecule has 3 heterocycles. The van der Waals surface area contributed by atoms with Crippen molar-refractivity contribution in [2.24, 2.45) is 0 Å². The summed E-state index contributed by atoms with van der Waals surface area (Å²) in [6, 6.07) is 17.4. The summed E-state index contributed by atoms with van der Waals surface area (Å²) in [6.07, 6.45) is 7.72. The highest BCUT2D eigenvalue weighted by Gasteiger charge is 2.24. The molecule has 0 bridgehead atoms. The molecular formula is C31H43ClN4O. The van der Waals surface area contributed by atoms with Gasteiger partial charge in [0.1, 0.15) is 12.4 Å². The molecule has 2 aliphatic rings. The van der Waals surface area contributed by atoms with Gasteiger partial charge < -0.3 is 19.1 Å². The number of aromatic nitrogens is 1. The quantitative estimate of drug-likeness (QED) is 0.313. The molecule has 0 unspecified atom stereocenters. The highest BCUT2D eigenvalue weighted by Crippen LogP contribution is 2.30. The number of likely N-dealkylation sites (tertiary alicyclic amines) is 2. The van der Waals surface area contributed by atoms with Gasteiger partial charge in [0.25, 0.3) is 0 Å². The Kier molecular flexibility index (Phi) is 9.09. The zero-order chi connectivity index (χ0) is 25.6. The number of benzene rings is 2. The first kappa shape index (κ1) is 26.6. The molecule has 0 amide bonds. The van der Waals surface area contributed by atoms with Gasteiger partial charge in [0.05, 0.1) is 5.69 Å². The minimum absolute atomic E-state index is 0.573. The largest absolute Gasteiger partial charge is 0.487 e. The van der Waals surface area contributed by atoms with Gasteiger partial charge in [0, 0.05) is 35.1 Å². The lowest BCUT2D eigenvalue weighted by Gasteiger charge is -2.35. The van der Waals surface area contributed by atoms with E-state index >= 15 is 0 Å². The van der Waals surface area contributed by atoms with Gasteiger partial charge in [0.2, 0.25) is 0 Å². The normalized spacial score (nSPS) is 18.2. The maximum absolute atomic E-state index is 6.38. The number of ether oxygens (including phenoxy) is 1. The summed E-state index contributed by atoms with van der Waals surface area (Å²) in [6.45, 7) is 8.57. The van der Waals surface area contributed by atoms with Crippen molar-refractivity contribution >= 4 is 22.5 Å². The Labute approximate surface area is 227 Å². The van der Waals surface area contributed by atoms with E-state index in [0.717, 1.165) is 37.0 Å². The molecule has 2 aliphatic heterocycles. The second kappa shape index (κ2) is 12.7. The van der Waals surface area contributed by atoms with Crippen LogP contribution < -0.4 is 4.74 Å². The van der Waals surface area contributed by atoms with Crippen LogP contribution in [0, 0.1) is 0 Å². The Balaban J connectivity index is 1.39. The second-order valence-electron chi connectivity index (χ2n) is 11.1. The van der Waals surface area contributed by atoms with Crippen LogP contribution in [0.15, 0.2) is 48.5 Å². The fourth-order valence-corrected chi connectivity index (χ4v) is 6.29. The Hall–Kier alpha value is -2.05. The van der Waals surface area contributed by atoms with Crippen molar-refractivity contribution in [2.45, 2.75) is 64.3 Å². The van der Waals surface area contributed by atoms with Crippen molar-refractivity contribution < 1.29 is 4.74 Å². The molecule has 0 radical (unpaired) electrons. The number of para-hydroxylation sites is 1. The zero-order valence-electron chi connectivity index (χ0n) is 22.7. The molecular weight excluding hydrogens is 480 g/mol. The summed E-state index contributed by atoms with van der Waals surface area (Å²) < 4.78 is 8.93. The first-order valence-electron chi connectivity index (χ1n) is 14.2. The molecule has 0 N–H and O–H groups in total. The summed E-state index contributed by atoms with van der Waals surface area (Å²) in [5, 5.41) is 2.12. The summed E-state index contributed by atoms with van der Waals surface area (Å²) in [4.78, 5) is 7.68. The molecule has 0 atom stereocenters. The Morgan fingerprint density at radius 2 is 1.59 bits per heavy atom. The molecule has 2 aromatic carbocycles. The Bertz CT molecular complexity index is 1130. The maximum Gasteiger partial charge on any atom is 0.129 e. The first-order valence-corrected chi connectivity index (χ1v) is 14.5. The Morgan fingerprint density at radius 3 is 2.32 bits per heavy atom. The predicted molar refractivity (Wildman–Crippen MR) is 155 cm³/mol. The van der Waals surface area contributed by atoms with Gasteiger partial charge in [-0.15, -0.1) is 0 Å². The lowest BCUT2D eigenvalue weighted by atomic mass is 10.0. The van der Waals surface area contributed by atoms with E-state index < -0.39 is 0 Å². The number of halogens is 1. The van der Waals surface area contributed by atoms with E-state index in [1.54, 1.807) is 0 Å². The van der Waals surface area contributed by atoms with Crippen molar-refractivity contribution in [1.29, 1.82) is 0 Å². The van der Waals surface area contributed by atoms with E-state index in [2.05, 4.69) is 57.6 Å². The number of hydrogen-bond donors (Lipinski definition) is 0. The van der Waals surface area contributed by atoms with E-state index in [0.29, 0.717) is 12.6 Å². The van der Waals surface area contributed by atoms with Crippen LogP contribution in [0.1, 0.15) is 49.8 Å². The van der Waals surface area contributed by atoms with Crippen molar-refractivity contribution in [3.8, 4) is 5.75 Å². The molecule has 37 heavy (non-hydrogen) atoms. The van der Waals surface area contributed by atoms with E-state index in [-0.39, 0.29) is 0 Å². The van der Waals surface area contributed by atoms with Crippen LogP contribution in [0.25, 0.3) is 10.9 Å². The lowest BCUT2D eigenvalue weighted by Crippen LogP contribution is -2.41. The number of piperidine rings is 2. The van der Waals surface area contributed by atoms with E-state index in [1.807, 2.05) is 24.3 Å². The molecule has 3 aromatic rings. The van der Waals surface area contributed by atoms with E-state index in [1.165, 1.54) is 80.3 Å². The summed E-state index contributed by atoms with van der Waals surface area (Å²) in [5.74, 6) is 0.868. The second-order valence-corrected chi connectivity index (χ2v) is 11.5. The molecule has 0 spiro atoms. The van der Waals surface area contributed by atoms with Crippen LogP contribution in [0.4, 0.5) is 0 Å². The fraction of sp³-hybridized carbons (Fsp3) is 0.548. The molecule has 200 valence electrons. The third-order valence-electron chi connectivity index (χ3n) is 8.36. The molecule has 1 aromatic heterocycles. The van der Waals surface area contributed by atoms with Crippen LogP contribution in [0.3, 0.4) is 0 Å². The Morgan fingerprint density at radius 1 is 0.865 bits per heavy atom. The van der Waals surface area contributed by atoms with Gasteiger partial charge >= 0.3 is 0 Å². The molecule has 0 saturated carbocycles. The molecule has 5 rings (SSSR count). The minimum atomic E-state index is 0.573. The standard InChI is InChI=1S/C31H43ClN4O/c1-33(2)26-15-21-35(22-16-26)23-29-28-9-4-5-10-30(28)36(20-8-19-34-17-6-3-7-18-34)31(29)24-37-27-13-11-25(32)12-14-27/h4-5,9-14,26H,3,6-8,15-24H2,1-2H3. The third kappa shape index (κ3) is 6.69. The topological polar surface area (TPSA) is 23.9 Å². The minimum Gasteiger partial charge on any atom is -0.487 e. The molecule has 2 saturated heterocycles. The average molecular weight is 523 g/mol. The smallest absolute Gasteiger partial charge is 0.129 e. The zero-order valence-corrected chi connectivity index (χ0v) is 23.4. The van der Waals surface area contributed by atoms with Gasteiger partial charge in [-0.1, -0.05) is 36.2 Å². The fourth-order valence-electron chi connectivity index (χ4n) is 6.16. The van der Waals surface area contributed by atoms with Crippen LogP contribution in [0.5, 0.6) is 5.75 Å². The average Bonchev–Trinajstić information content (AvgIpc) is 3.21. The molecule has 5 nitrogen and oxygen atoms in total. The van der Waals surface area contributed by atoms with Crippen molar-refractivity contribution in [1.82, 2.24) is 19.3 Å².